The fraction of sp³-hybridized carbons (Fsp3) is 0.316. The lowest BCUT2D eigenvalue weighted by molar-refractivity contribution is -0.139. The van der Waals surface area contributed by atoms with E-state index in [9.17, 15) is 14.4 Å². The molecule has 0 N–H and O–H groups in total. The fourth-order valence-corrected chi connectivity index (χ4v) is 3.19. The van der Waals surface area contributed by atoms with Crippen molar-refractivity contribution in [3.8, 4) is 5.75 Å². The van der Waals surface area contributed by atoms with Gasteiger partial charge in [-0.2, -0.15) is 0 Å². The number of para-hydroxylation sites is 1. The minimum absolute atomic E-state index is 0.00495. The lowest BCUT2D eigenvalue weighted by atomic mass is 9.96. The van der Waals surface area contributed by atoms with Crippen LogP contribution < -0.4 is 4.74 Å². The molecule has 7 nitrogen and oxygen atoms in total. The number of hydrogen-bond acceptors (Lipinski definition) is 7. The Morgan fingerprint density at radius 3 is 2.35 bits per heavy atom. The van der Waals surface area contributed by atoms with Gasteiger partial charge in [0.1, 0.15) is 5.75 Å². The van der Waals surface area contributed by atoms with Gasteiger partial charge in [0.15, 0.2) is 0 Å². The van der Waals surface area contributed by atoms with Crippen molar-refractivity contribution in [2.75, 3.05) is 27.3 Å². The summed E-state index contributed by atoms with van der Waals surface area (Å²) in [6, 6.07) is 6.91. The second-order valence-corrected chi connectivity index (χ2v) is 5.88. The summed E-state index contributed by atoms with van der Waals surface area (Å²) in [5, 5.41) is 0. The summed E-state index contributed by atoms with van der Waals surface area (Å²) < 4.78 is 15.1. The standard InChI is InChI=1S/C19H19NO6/c1-24-18(22)13-11-15(21)26-14-8-4-3-7-12(14)17(16(13)19(23)25-2)20-9-5-6-10-20/h3-4,7-8,11H,5-6,9-10H2,1-2H3/b13-11+,17-16-. The summed E-state index contributed by atoms with van der Waals surface area (Å²) in [5.41, 5.74) is 0.887. The highest BCUT2D eigenvalue weighted by atomic mass is 16.5. The largest absolute Gasteiger partial charge is 0.465 e. The molecule has 0 unspecified atom stereocenters. The molecular formula is C19H19NO6. The summed E-state index contributed by atoms with van der Waals surface area (Å²) in [4.78, 5) is 39.2. The molecule has 2 aliphatic heterocycles. The van der Waals surface area contributed by atoms with E-state index in [2.05, 4.69) is 0 Å². The maximum atomic E-state index is 12.6. The first-order chi connectivity index (χ1) is 12.6. The molecule has 1 aromatic rings. The van der Waals surface area contributed by atoms with Crippen LogP contribution in [0.5, 0.6) is 5.75 Å². The number of esters is 3. The molecule has 1 fully saturated rings. The van der Waals surface area contributed by atoms with Gasteiger partial charge in [-0.05, 0) is 25.0 Å². The minimum atomic E-state index is -0.807. The molecule has 7 heteroatoms. The number of rotatable bonds is 3. The second-order valence-electron chi connectivity index (χ2n) is 5.88. The summed E-state index contributed by atoms with van der Waals surface area (Å²) in [7, 11) is 2.42. The summed E-state index contributed by atoms with van der Waals surface area (Å²) in [6.07, 6.45) is 2.89. The Morgan fingerprint density at radius 2 is 1.69 bits per heavy atom. The highest BCUT2D eigenvalue weighted by Crippen LogP contribution is 2.37. The molecule has 0 spiro atoms. The van der Waals surface area contributed by atoms with Crippen molar-refractivity contribution < 1.29 is 28.6 Å². The fourth-order valence-electron chi connectivity index (χ4n) is 3.19. The third kappa shape index (κ3) is 3.20. The number of fused-ring (bicyclic) bond motifs is 1. The van der Waals surface area contributed by atoms with Crippen LogP contribution in [-0.2, 0) is 23.9 Å². The Balaban J connectivity index is 2.36. The number of likely N-dealkylation sites (tertiary alicyclic amines) is 1. The van der Waals surface area contributed by atoms with E-state index in [1.165, 1.54) is 14.2 Å². The monoisotopic (exact) mass is 357 g/mol. The Bertz CT molecular complexity index is 817. The van der Waals surface area contributed by atoms with Gasteiger partial charge in [-0.15, -0.1) is 0 Å². The van der Waals surface area contributed by atoms with E-state index in [1.54, 1.807) is 24.3 Å². The molecule has 136 valence electrons. The van der Waals surface area contributed by atoms with Crippen molar-refractivity contribution in [3.05, 3.63) is 47.1 Å². The molecule has 26 heavy (non-hydrogen) atoms. The van der Waals surface area contributed by atoms with Crippen LogP contribution in [0.3, 0.4) is 0 Å². The highest BCUT2D eigenvalue weighted by Gasteiger charge is 2.34. The molecule has 0 radical (unpaired) electrons. The molecule has 1 aromatic carbocycles. The third-order valence-electron chi connectivity index (χ3n) is 4.34. The maximum absolute atomic E-state index is 12.6. The first-order valence-corrected chi connectivity index (χ1v) is 8.26. The smallest absolute Gasteiger partial charge is 0.340 e. The van der Waals surface area contributed by atoms with Gasteiger partial charge in [0.25, 0.3) is 0 Å². The lowest BCUT2D eigenvalue weighted by Gasteiger charge is -2.27. The molecule has 2 aliphatic rings. The molecule has 2 heterocycles. The van der Waals surface area contributed by atoms with E-state index in [-0.39, 0.29) is 11.1 Å². The molecule has 1 saturated heterocycles. The maximum Gasteiger partial charge on any atom is 0.340 e. The first-order valence-electron chi connectivity index (χ1n) is 8.26. The lowest BCUT2D eigenvalue weighted by Crippen LogP contribution is -2.27. The number of ether oxygens (including phenoxy) is 3. The van der Waals surface area contributed by atoms with Crippen LogP contribution in [0, 0.1) is 0 Å². The van der Waals surface area contributed by atoms with Crippen LogP contribution in [0.4, 0.5) is 0 Å². The summed E-state index contributed by atoms with van der Waals surface area (Å²) in [6.45, 7) is 1.43. The van der Waals surface area contributed by atoms with Crippen molar-refractivity contribution in [1.29, 1.82) is 0 Å². The predicted molar refractivity (Wildman–Crippen MR) is 91.9 cm³/mol. The van der Waals surface area contributed by atoms with Crippen molar-refractivity contribution in [3.63, 3.8) is 0 Å². The van der Waals surface area contributed by atoms with E-state index in [1.807, 2.05) is 4.90 Å². The zero-order valence-corrected chi connectivity index (χ0v) is 14.6. The Hall–Kier alpha value is -3.09. The van der Waals surface area contributed by atoms with Gasteiger partial charge in [-0.1, -0.05) is 12.1 Å². The first kappa shape index (κ1) is 17.7. The third-order valence-corrected chi connectivity index (χ3v) is 4.34. The van der Waals surface area contributed by atoms with Crippen LogP contribution >= 0.6 is 0 Å². The quantitative estimate of drug-likeness (QED) is 0.601. The van der Waals surface area contributed by atoms with Crippen molar-refractivity contribution >= 4 is 23.6 Å². The molecule has 3 rings (SSSR count). The van der Waals surface area contributed by atoms with Crippen molar-refractivity contribution in [2.24, 2.45) is 0 Å². The second kappa shape index (κ2) is 7.43. The highest BCUT2D eigenvalue weighted by molar-refractivity contribution is 6.15. The van der Waals surface area contributed by atoms with Crippen LogP contribution in [-0.4, -0.2) is 50.1 Å². The molecule has 0 aromatic heterocycles. The molecule has 0 bridgehead atoms. The van der Waals surface area contributed by atoms with Gasteiger partial charge in [0.05, 0.1) is 31.1 Å². The average Bonchev–Trinajstić information content (AvgIpc) is 3.17. The van der Waals surface area contributed by atoms with Crippen LogP contribution in [0.15, 0.2) is 41.5 Å². The van der Waals surface area contributed by atoms with Crippen LogP contribution in [0.1, 0.15) is 18.4 Å². The number of methoxy groups -OCH3 is 2. The Labute approximate surface area is 150 Å². The Morgan fingerprint density at radius 1 is 1.04 bits per heavy atom. The number of nitrogens with zero attached hydrogens (tertiary/aromatic N) is 1. The van der Waals surface area contributed by atoms with Gasteiger partial charge in [0, 0.05) is 24.7 Å². The van der Waals surface area contributed by atoms with E-state index in [4.69, 9.17) is 14.2 Å². The zero-order chi connectivity index (χ0) is 18.7. The summed E-state index contributed by atoms with van der Waals surface area (Å²) in [5.74, 6) is -1.97. The summed E-state index contributed by atoms with van der Waals surface area (Å²) >= 11 is 0. The van der Waals surface area contributed by atoms with E-state index in [0.717, 1.165) is 18.9 Å². The molecule has 0 amide bonds. The molecule has 0 atom stereocenters. The number of benzene rings is 1. The van der Waals surface area contributed by atoms with Gasteiger partial charge in [-0.25, -0.2) is 14.4 Å². The SMILES string of the molecule is COC(=O)C1=C(\N2CCCC2)c2ccccc2OC(=O)/C=C\1C(=O)OC. The predicted octanol–water partition coefficient (Wildman–Crippen LogP) is 1.68. The van der Waals surface area contributed by atoms with Crippen LogP contribution in [0.25, 0.3) is 5.70 Å². The number of carbonyl (C=O) groups is 3. The molecule has 0 saturated carbocycles. The van der Waals surface area contributed by atoms with Gasteiger partial charge >= 0.3 is 17.9 Å². The van der Waals surface area contributed by atoms with Gasteiger partial charge in [-0.3, -0.25) is 0 Å². The Kier molecular flexibility index (Phi) is 5.06. The molecular weight excluding hydrogens is 338 g/mol. The van der Waals surface area contributed by atoms with Gasteiger partial charge < -0.3 is 19.1 Å². The van der Waals surface area contributed by atoms with E-state index < -0.39 is 17.9 Å². The van der Waals surface area contributed by atoms with Crippen molar-refractivity contribution in [1.82, 2.24) is 4.90 Å². The topological polar surface area (TPSA) is 82.1 Å². The zero-order valence-electron chi connectivity index (χ0n) is 14.6. The minimum Gasteiger partial charge on any atom is -0.465 e. The van der Waals surface area contributed by atoms with Gasteiger partial charge in [0.2, 0.25) is 0 Å². The average molecular weight is 357 g/mol. The molecule has 0 aliphatic carbocycles. The number of carbonyl (C=O) groups excluding carboxylic acids is 3. The van der Waals surface area contributed by atoms with Crippen LogP contribution in [0.2, 0.25) is 0 Å². The number of hydrogen-bond donors (Lipinski definition) is 0. The van der Waals surface area contributed by atoms with Crippen molar-refractivity contribution in [2.45, 2.75) is 12.8 Å². The normalized spacial score (nSPS) is 21.7. The van der Waals surface area contributed by atoms with E-state index >= 15 is 0 Å². The van der Waals surface area contributed by atoms with E-state index in [0.29, 0.717) is 30.1 Å².